The zero-order valence-electron chi connectivity index (χ0n) is 11.8. The van der Waals surface area contributed by atoms with Crippen LogP contribution in [0.4, 0.5) is 11.4 Å². The Morgan fingerprint density at radius 2 is 2.21 bits per heavy atom. The lowest BCUT2D eigenvalue weighted by molar-refractivity contribution is -0.117. The summed E-state index contributed by atoms with van der Waals surface area (Å²) in [6, 6.07) is 5.53. The van der Waals surface area contributed by atoms with Gasteiger partial charge >= 0.3 is 0 Å². The van der Waals surface area contributed by atoms with Gasteiger partial charge in [-0.2, -0.15) is 0 Å². The van der Waals surface area contributed by atoms with Gasteiger partial charge in [-0.1, -0.05) is 12.1 Å². The molecule has 0 aromatic heterocycles. The molecule has 0 fully saturated rings. The molecule has 1 atom stereocenters. The quantitative estimate of drug-likeness (QED) is 0.676. The number of para-hydroxylation sites is 1. The number of anilines is 2. The number of nitrogens with two attached hydrogens (primary N) is 1. The lowest BCUT2D eigenvalue weighted by atomic mass is 10.1. The molecule has 106 valence electrons. The molecular formula is C14H23N3O2. The van der Waals surface area contributed by atoms with Crippen molar-refractivity contribution in [2.45, 2.75) is 26.4 Å². The van der Waals surface area contributed by atoms with E-state index >= 15 is 0 Å². The molecule has 1 amide bonds. The summed E-state index contributed by atoms with van der Waals surface area (Å²) in [5.41, 5.74) is 8.03. The summed E-state index contributed by atoms with van der Waals surface area (Å²) < 4.78 is 0. The lowest BCUT2D eigenvalue weighted by Gasteiger charge is -2.18. The summed E-state index contributed by atoms with van der Waals surface area (Å²) >= 11 is 0. The van der Waals surface area contributed by atoms with Gasteiger partial charge in [-0.3, -0.25) is 9.69 Å². The highest BCUT2D eigenvalue weighted by Crippen LogP contribution is 2.22. The predicted molar refractivity (Wildman–Crippen MR) is 78.0 cm³/mol. The minimum atomic E-state index is -0.350. The van der Waals surface area contributed by atoms with Gasteiger partial charge in [0.25, 0.3) is 0 Å². The first-order chi connectivity index (χ1) is 8.90. The third-order valence-electron chi connectivity index (χ3n) is 2.91. The van der Waals surface area contributed by atoms with Crippen LogP contribution in [0.25, 0.3) is 0 Å². The van der Waals surface area contributed by atoms with E-state index in [1.54, 1.807) is 13.0 Å². The van der Waals surface area contributed by atoms with E-state index in [4.69, 9.17) is 5.73 Å². The van der Waals surface area contributed by atoms with E-state index < -0.39 is 0 Å². The van der Waals surface area contributed by atoms with Crippen LogP contribution in [0.3, 0.4) is 0 Å². The monoisotopic (exact) mass is 265 g/mol. The van der Waals surface area contributed by atoms with Crippen LogP contribution in [0.1, 0.15) is 18.9 Å². The number of nitrogens with one attached hydrogen (secondary N) is 1. The van der Waals surface area contributed by atoms with Crippen LogP contribution in [0.15, 0.2) is 18.2 Å². The SMILES string of the molecule is Cc1cccc(N)c1NC(=O)CN(C)CCC(C)O. The molecule has 0 saturated heterocycles. The Labute approximate surface area is 114 Å². The zero-order chi connectivity index (χ0) is 14.4. The topological polar surface area (TPSA) is 78.6 Å². The van der Waals surface area contributed by atoms with Crippen molar-refractivity contribution < 1.29 is 9.90 Å². The molecule has 1 rings (SSSR count). The summed E-state index contributed by atoms with van der Waals surface area (Å²) in [6.45, 7) is 4.60. The van der Waals surface area contributed by atoms with Crippen LogP contribution < -0.4 is 11.1 Å². The zero-order valence-corrected chi connectivity index (χ0v) is 11.8. The van der Waals surface area contributed by atoms with Crippen molar-refractivity contribution in [1.29, 1.82) is 0 Å². The largest absolute Gasteiger partial charge is 0.397 e. The number of aryl methyl sites for hydroxylation is 1. The standard InChI is InChI=1S/C14H23N3O2/c1-10-5-4-6-12(15)14(10)16-13(19)9-17(3)8-7-11(2)18/h4-6,11,18H,7-9,15H2,1-3H3,(H,16,19). The Hall–Kier alpha value is -1.59. The van der Waals surface area contributed by atoms with Gasteiger partial charge in [0.2, 0.25) is 5.91 Å². The highest BCUT2D eigenvalue weighted by Gasteiger charge is 2.10. The van der Waals surface area contributed by atoms with Crippen molar-refractivity contribution in [2.24, 2.45) is 0 Å². The molecule has 1 unspecified atom stereocenters. The van der Waals surface area contributed by atoms with Gasteiger partial charge in [-0.25, -0.2) is 0 Å². The summed E-state index contributed by atoms with van der Waals surface area (Å²) in [5, 5.41) is 12.0. The average molecular weight is 265 g/mol. The molecule has 0 aliphatic carbocycles. The van der Waals surface area contributed by atoms with Crippen LogP contribution >= 0.6 is 0 Å². The predicted octanol–water partition coefficient (Wildman–Crippen LogP) is 1.22. The van der Waals surface area contributed by atoms with Gasteiger partial charge in [0.05, 0.1) is 24.0 Å². The van der Waals surface area contributed by atoms with Crippen LogP contribution in [0.2, 0.25) is 0 Å². The van der Waals surface area contributed by atoms with E-state index in [-0.39, 0.29) is 18.6 Å². The Morgan fingerprint density at radius 1 is 1.53 bits per heavy atom. The van der Waals surface area contributed by atoms with Crippen LogP contribution in [0, 0.1) is 6.92 Å². The van der Waals surface area contributed by atoms with Gasteiger partial charge in [-0.15, -0.1) is 0 Å². The smallest absolute Gasteiger partial charge is 0.238 e. The van der Waals surface area contributed by atoms with Crippen molar-refractivity contribution in [3.05, 3.63) is 23.8 Å². The number of aliphatic hydroxyl groups is 1. The normalized spacial score (nSPS) is 12.5. The maximum atomic E-state index is 11.9. The number of likely N-dealkylation sites (N-methyl/N-ethyl adjacent to an activating group) is 1. The lowest BCUT2D eigenvalue weighted by Crippen LogP contribution is -2.32. The van der Waals surface area contributed by atoms with E-state index in [2.05, 4.69) is 5.32 Å². The fourth-order valence-corrected chi connectivity index (χ4v) is 1.77. The van der Waals surface area contributed by atoms with E-state index in [1.165, 1.54) is 0 Å². The Morgan fingerprint density at radius 3 is 2.79 bits per heavy atom. The highest BCUT2D eigenvalue weighted by atomic mass is 16.3. The van der Waals surface area contributed by atoms with Crippen LogP contribution in [-0.4, -0.2) is 42.2 Å². The Balaban J connectivity index is 2.51. The Bertz CT molecular complexity index is 412. The number of aliphatic hydroxyl groups excluding tert-OH is 1. The number of carbonyl (C=O) groups excluding carboxylic acids is 1. The van der Waals surface area contributed by atoms with Crippen molar-refractivity contribution in [3.63, 3.8) is 0 Å². The van der Waals surface area contributed by atoms with Crippen molar-refractivity contribution in [2.75, 3.05) is 31.2 Å². The first-order valence-electron chi connectivity index (χ1n) is 6.41. The summed E-state index contributed by atoms with van der Waals surface area (Å²) in [5.74, 6) is -0.103. The minimum absolute atomic E-state index is 0.103. The minimum Gasteiger partial charge on any atom is -0.397 e. The third-order valence-corrected chi connectivity index (χ3v) is 2.91. The molecule has 0 heterocycles. The molecule has 0 radical (unpaired) electrons. The van der Waals surface area contributed by atoms with Gasteiger partial charge in [0, 0.05) is 6.54 Å². The van der Waals surface area contributed by atoms with Gasteiger partial charge in [0.1, 0.15) is 0 Å². The van der Waals surface area contributed by atoms with Crippen LogP contribution in [-0.2, 0) is 4.79 Å². The van der Waals surface area contributed by atoms with E-state index in [0.717, 1.165) is 5.56 Å². The van der Waals surface area contributed by atoms with E-state index in [9.17, 15) is 9.90 Å². The van der Waals surface area contributed by atoms with Gasteiger partial charge in [0.15, 0.2) is 0 Å². The summed E-state index contributed by atoms with van der Waals surface area (Å²) in [6.07, 6.45) is 0.300. The molecule has 0 bridgehead atoms. The molecule has 0 aliphatic heterocycles. The molecule has 5 nitrogen and oxygen atoms in total. The number of benzene rings is 1. The highest BCUT2D eigenvalue weighted by molar-refractivity contribution is 5.96. The molecule has 1 aromatic rings. The number of hydrogen-bond acceptors (Lipinski definition) is 4. The maximum absolute atomic E-state index is 11.9. The molecule has 19 heavy (non-hydrogen) atoms. The van der Waals surface area contributed by atoms with E-state index in [0.29, 0.717) is 24.3 Å². The van der Waals surface area contributed by atoms with Crippen molar-refractivity contribution >= 4 is 17.3 Å². The second kappa shape index (κ2) is 7.11. The van der Waals surface area contributed by atoms with Gasteiger partial charge in [-0.05, 0) is 38.9 Å². The fourth-order valence-electron chi connectivity index (χ4n) is 1.77. The first kappa shape index (κ1) is 15.5. The van der Waals surface area contributed by atoms with E-state index in [1.807, 2.05) is 31.0 Å². The number of amides is 1. The van der Waals surface area contributed by atoms with Crippen molar-refractivity contribution in [1.82, 2.24) is 4.90 Å². The average Bonchev–Trinajstić information content (AvgIpc) is 2.31. The number of hydrogen-bond donors (Lipinski definition) is 3. The number of carbonyl (C=O) groups is 1. The molecule has 4 N–H and O–H groups in total. The number of rotatable bonds is 6. The molecule has 0 spiro atoms. The fraction of sp³-hybridized carbons (Fsp3) is 0.500. The summed E-state index contributed by atoms with van der Waals surface area (Å²) in [7, 11) is 1.85. The van der Waals surface area contributed by atoms with Crippen molar-refractivity contribution in [3.8, 4) is 0 Å². The summed E-state index contributed by atoms with van der Waals surface area (Å²) in [4.78, 5) is 13.8. The molecule has 5 heteroatoms. The van der Waals surface area contributed by atoms with Gasteiger partial charge < -0.3 is 16.2 Å². The molecule has 0 saturated carbocycles. The number of nitrogen functional groups attached to an aromatic ring is 1. The molecule has 1 aromatic carbocycles. The maximum Gasteiger partial charge on any atom is 0.238 e. The van der Waals surface area contributed by atoms with Crippen LogP contribution in [0.5, 0.6) is 0 Å². The second-order valence-electron chi connectivity index (χ2n) is 4.96. The third kappa shape index (κ3) is 5.28. The molecular weight excluding hydrogens is 242 g/mol. The Kier molecular flexibility index (Phi) is 5.79. The molecule has 0 aliphatic rings. The second-order valence-corrected chi connectivity index (χ2v) is 4.96. The number of nitrogens with zero attached hydrogens (tertiary/aromatic N) is 1. The first-order valence-corrected chi connectivity index (χ1v) is 6.41.